The first kappa shape index (κ1) is 55.9. The van der Waals surface area contributed by atoms with Crippen molar-refractivity contribution in [2.45, 2.75) is 125 Å². The number of nitrogens with one attached hydrogen (secondary N) is 6. The van der Waals surface area contributed by atoms with Gasteiger partial charge in [-0.05, 0) is 111 Å². The SMILES string of the molecule is N[C@@H](Cc1ccc(O)cc1)C(=O)N[C@@H]1CCCNC(=O)[C@@H]2CCCN2C(=O)[C@H](Cc2ccccc2)NC(=O)[C@H](NC(=O)[C@@H](N)Cc2ccc(O)cc2)CCCNC(=O)[C@@H]2CCCN2C(=O)[C@H](Cc2ccccc2)NC1=O. The predicted molar refractivity (Wildman–Crippen MR) is 282 cm³/mol. The van der Waals surface area contributed by atoms with Gasteiger partial charge in [-0.15, -0.1) is 0 Å². The summed E-state index contributed by atoms with van der Waals surface area (Å²) < 4.78 is 0. The lowest BCUT2D eigenvalue weighted by Gasteiger charge is -2.31. The summed E-state index contributed by atoms with van der Waals surface area (Å²) in [6.07, 6.45) is 2.31. The Morgan fingerprint density at radius 2 is 0.868 bits per heavy atom. The van der Waals surface area contributed by atoms with Gasteiger partial charge in [-0.1, -0.05) is 84.9 Å². The van der Waals surface area contributed by atoms with Crippen LogP contribution in [-0.4, -0.2) is 142 Å². The lowest BCUT2D eigenvalue weighted by molar-refractivity contribution is -0.142. The second kappa shape index (κ2) is 27.1. The average Bonchev–Trinajstić information content (AvgIpc) is 4.13. The second-order valence-electron chi connectivity index (χ2n) is 19.8. The number of hydrogen-bond acceptors (Lipinski definition) is 12. The van der Waals surface area contributed by atoms with Gasteiger partial charge in [0.15, 0.2) is 0 Å². The molecule has 3 aliphatic heterocycles. The Morgan fingerprint density at radius 1 is 0.500 bits per heavy atom. The van der Waals surface area contributed by atoms with E-state index in [9.17, 15) is 48.6 Å². The number of nitrogens with two attached hydrogens (primary N) is 2. The molecule has 4 aromatic carbocycles. The summed E-state index contributed by atoms with van der Waals surface area (Å²) >= 11 is 0. The van der Waals surface area contributed by atoms with Crippen molar-refractivity contribution in [3.05, 3.63) is 131 Å². The summed E-state index contributed by atoms with van der Waals surface area (Å²) in [5.74, 6) is -4.47. The standard InChI is InChI=1S/C56H70N10O10/c57-41(31-37-19-23-39(67)24-20-37)49(69)61-43-15-7-27-60-54(74)48-18-10-30-66(48)56(76)46(34-36-13-5-2-6-14-36)64-52(72)44(62-50(70)42(58)32-38-21-25-40(68)26-22-38)16-8-28-59-53(73)47-17-9-29-65(47)55(75)45(63-51(43)71)33-35-11-3-1-4-12-35/h1-6,11-14,19-26,41-48,67-68H,7-10,15-18,27-34,57-58H2,(H,59,73)(H,60,74)(H,61,69)(H,62,70)(H,63,71)(H,64,72)/t41-,42-,43+,44+,45-,46-,47-,48-/m0/s1. The average molecular weight is 1040 g/mol. The molecule has 4 aromatic rings. The van der Waals surface area contributed by atoms with Gasteiger partial charge in [-0.2, -0.15) is 0 Å². The summed E-state index contributed by atoms with van der Waals surface area (Å²) in [4.78, 5) is 117. The lowest BCUT2D eigenvalue weighted by Crippen LogP contribution is -2.59. The van der Waals surface area contributed by atoms with E-state index >= 15 is 0 Å². The second-order valence-corrected chi connectivity index (χ2v) is 19.8. The fourth-order valence-electron chi connectivity index (χ4n) is 9.97. The molecule has 76 heavy (non-hydrogen) atoms. The molecule has 0 spiro atoms. The third-order valence-corrected chi connectivity index (χ3v) is 14.1. The summed E-state index contributed by atoms with van der Waals surface area (Å²) in [6.45, 7) is 0.524. The predicted octanol–water partition coefficient (Wildman–Crippen LogP) is 0.751. The van der Waals surface area contributed by atoms with Gasteiger partial charge in [0.05, 0.1) is 12.1 Å². The van der Waals surface area contributed by atoms with Gasteiger partial charge in [0.1, 0.15) is 47.8 Å². The van der Waals surface area contributed by atoms with E-state index in [0.29, 0.717) is 36.8 Å². The third kappa shape index (κ3) is 15.6. The fourth-order valence-corrected chi connectivity index (χ4v) is 9.97. The molecule has 12 N–H and O–H groups in total. The highest BCUT2D eigenvalue weighted by Gasteiger charge is 2.41. The number of carbonyl (C=O) groups is 8. The minimum Gasteiger partial charge on any atom is -0.508 e. The molecule has 7 rings (SSSR count). The number of aromatic hydroxyl groups is 2. The number of nitrogens with zero attached hydrogens (tertiary/aromatic N) is 2. The van der Waals surface area contributed by atoms with Crippen LogP contribution in [-0.2, 0) is 64.0 Å². The summed E-state index contributed by atoms with van der Waals surface area (Å²) in [5.41, 5.74) is 15.5. The van der Waals surface area contributed by atoms with Crippen molar-refractivity contribution >= 4 is 47.3 Å². The van der Waals surface area contributed by atoms with Gasteiger partial charge < -0.3 is 63.4 Å². The normalized spacial score (nSPS) is 23.3. The number of benzene rings is 4. The van der Waals surface area contributed by atoms with Crippen LogP contribution in [0.5, 0.6) is 11.5 Å². The van der Waals surface area contributed by atoms with Crippen molar-refractivity contribution in [1.82, 2.24) is 41.7 Å². The maximum absolute atomic E-state index is 14.7. The van der Waals surface area contributed by atoms with Crippen molar-refractivity contribution in [3.63, 3.8) is 0 Å². The number of rotatable bonds is 12. The molecule has 3 fully saturated rings. The van der Waals surface area contributed by atoms with E-state index in [2.05, 4.69) is 31.9 Å². The molecule has 0 bridgehead atoms. The maximum atomic E-state index is 14.7. The number of hydrogen-bond donors (Lipinski definition) is 10. The molecule has 0 saturated carbocycles. The van der Waals surface area contributed by atoms with E-state index in [1.54, 1.807) is 48.5 Å². The highest BCUT2D eigenvalue weighted by molar-refractivity contribution is 5.97. The quantitative estimate of drug-likeness (QED) is 0.0941. The molecular formula is C56H70N10O10. The van der Waals surface area contributed by atoms with Crippen molar-refractivity contribution in [1.29, 1.82) is 0 Å². The van der Waals surface area contributed by atoms with E-state index < -0.39 is 95.6 Å². The van der Waals surface area contributed by atoms with E-state index in [-0.39, 0.29) is 89.0 Å². The van der Waals surface area contributed by atoms with E-state index in [1.165, 1.54) is 34.1 Å². The van der Waals surface area contributed by atoms with Crippen LogP contribution >= 0.6 is 0 Å². The van der Waals surface area contributed by atoms with Crippen molar-refractivity contribution in [3.8, 4) is 11.5 Å². The highest BCUT2D eigenvalue weighted by Crippen LogP contribution is 2.23. The summed E-state index contributed by atoms with van der Waals surface area (Å²) in [6, 6.07) is 21.7. The van der Waals surface area contributed by atoms with Crippen LogP contribution in [0.3, 0.4) is 0 Å². The van der Waals surface area contributed by atoms with Gasteiger partial charge in [0.2, 0.25) is 47.3 Å². The van der Waals surface area contributed by atoms with Crippen molar-refractivity contribution < 1.29 is 48.6 Å². The van der Waals surface area contributed by atoms with Gasteiger partial charge in [-0.3, -0.25) is 38.4 Å². The molecular weight excluding hydrogens is 973 g/mol. The molecule has 0 aliphatic carbocycles. The Morgan fingerprint density at radius 3 is 1.24 bits per heavy atom. The Bertz CT molecular complexity index is 2460. The number of phenolic OH excluding ortho intramolecular Hbond substituents is 2. The Hall–Kier alpha value is -7.84. The van der Waals surface area contributed by atoms with Gasteiger partial charge in [0.25, 0.3) is 0 Å². The molecule has 0 aromatic heterocycles. The van der Waals surface area contributed by atoms with Crippen molar-refractivity contribution in [2.24, 2.45) is 11.5 Å². The molecule has 3 saturated heterocycles. The molecule has 20 nitrogen and oxygen atoms in total. The molecule has 0 radical (unpaired) electrons. The Kier molecular flexibility index (Phi) is 19.9. The number of carbonyl (C=O) groups excluding carboxylic acids is 8. The van der Waals surface area contributed by atoms with Gasteiger partial charge in [0, 0.05) is 39.0 Å². The number of amides is 8. The molecule has 20 heteroatoms. The minimum absolute atomic E-state index is 0.00266. The van der Waals surface area contributed by atoms with Crippen LogP contribution in [0.25, 0.3) is 0 Å². The molecule has 3 aliphatic rings. The van der Waals surface area contributed by atoms with Crippen LogP contribution in [0.2, 0.25) is 0 Å². The number of phenols is 2. The molecule has 3 heterocycles. The zero-order chi connectivity index (χ0) is 54.1. The highest BCUT2D eigenvalue weighted by atomic mass is 16.3. The van der Waals surface area contributed by atoms with Gasteiger partial charge >= 0.3 is 0 Å². The van der Waals surface area contributed by atoms with E-state index in [1.807, 2.05) is 36.4 Å². The van der Waals surface area contributed by atoms with Crippen LogP contribution in [0.1, 0.15) is 73.6 Å². The molecule has 8 amide bonds. The van der Waals surface area contributed by atoms with Crippen LogP contribution in [0.4, 0.5) is 0 Å². The van der Waals surface area contributed by atoms with Crippen LogP contribution in [0.15, 0.2) is 109 Å². The third-order valence-electron chi connectivity index (χ3n) is 14.1. The van der Waals surface area contributed by atoms with Gasteiger partial charge in [-0.25, -0.2) is 0 Å². The minimum atomic E-state index is -1.22. The first-order chi connectivity index (χ1) is 36.6. The van der Waals surface area contributed by atoms with Crippen molar-refractivity contribution in [2.75, 3.05) is 26.2 Å². The van der Waals surface area contributed by atoms with Crippen LogP contribution in [0, 0.1) is 0 Å². The first-order valence-corrected chi connectivity index (χ1v) is 26.2. The fraction of sp³-hybridized carbons (Fsp3) is 0.429. The lowest BCUT2D eigenvalue weighted by atomic mass is 10.0. The van der Waals surface area contributed by atoms with E-state index in [0.717, 1.165) is 11.1 Å². The Labute approximate surface area is 442 Å². The monoisotopic (exact) mass is 1040 g/mol. The Balaban J connectivity index is 1.15. The molecule has 8 atom stereocenters. The molecule has 404 valence electrons. The zero-order valence-electron chi connectivity index (χ0n) is 42.5. The summed E-state index contributed by atoms with van der Waals surface area (Å²) in [7, 11) is 0. The maximum Gasteiger partial charge on any atom is 0.246 e. The summed E-state index contributed by atoms with van der Waals surface area (Å²) in [5, 5.41) is 36.7. The smallest absolute Gasteiger partial charge is 0.246 e. The van der Waals surface area contributed by atoms with E-state index in [4.69, 9.17) is 11.5 Å². The topological polar surface area (TPSA) is 308 Å². The first-order valence-electron chi connectivity index (χ1n) is 26.2. The number of fused-ring (bicyclic) bond motifs is 2. The largest absolute Gasteiger partial charge is 0.508 e. The molecule has 0 unspecified atom stereocenters. The zero-order valence-corrected chi connectivity index (χ0v) is 42.5. The van der Waals surface area contributed by atoms with Crippen LogP contribution < -0.4 is 43.4 Å².